The van der Waals surface area contributed by atoms with E-state index in [9.17, 15) is 14.4 Å². The highest BCUT2D eigenvalue weighted by Crippen LogP contribution is 2.16. The quantitative estimate of drug-likeness (QED) is 0.0261. The predicted molar refractivity (Wildman–Crippen MR) is 339 cm³/mol. The molecule has 0 aliphatic carbocycles. The van der Waals surface area contributed by atoms with Crippen molar-refractivity contribution in [1.29, 1.82) is 0 Å². The van der Waals surface area contributed by atoms with Crippen molar-refractivity contribution < 1.29 is 28.6 Å². The Balaban J connectivity index is 4.44. The van der Waals surface area contributed by atoms with Gasteiger partial charge < -0.3 is 14.2 Å². The lowest BCUT2D eigenvalue weighted by atomic mass is 10.1. The van der Waals surface area contributed by atoms with E-state index in [0.717, 1.165) is 103 Å². The molecule has 0 bridgehead atoms. The maximum atomic E-state index is 12.9. The number of carbonyl (C=O) groups excluding carboxylic acids is 3. The van der Waals surface area contributed by atoms with Crippen molar-refractivity contribution in [3.05, 3.63) is 85.1 Å². The van der Waals surface area contributed by atoms with Gasteiger partial charge in [-0.25, -0.2) is 0 Å². The molecule has 0 aromatic rings. The number of esters is 3. The number of hydrogen-bond donors (Lipinski definition) is 0. The summed E-state index contributed by atoms with van der Waals surface area (Å²) in [4.78, 5) is 38.4. The van der Waals surface area contributed by atoms with Gasteiger partial charge in [0.1, 0.15) is 13.2 Å². The van der Waals surface area contributed by atoms with Crippen LogP contribution in [0, 0.1) is 0 Å². The van der Waals surface area contributed by atoms with Crippen LogP contribution in [0.5, 0.6) is 0 Å². The van der Waals surface area contributed by atoms with Crippen LogP contribution in [0.15, 0.2) is 85.1 Å². The number of ether oxygens (including phenoxy) is 3. The summed E-state index contributed by atoms with van der Waals surface area (Å²) in [5, 5.41) is 0. The molecule has 0 rings (SSSR count). The average Bonchev–Trinajstić information content (AvgIpc) is 3.44. The van der Waals surface area contributed by atoms with Crippen molar-refractivity contribution in [2.75, 3.05) is 13.2 Å². The molecule has 450 valence electrons. The highest BCUT2D eigenvalue weighted by Gasteiger charge is 2.19. The maximum absolute atomic E-state index is 12.9. The molecule has 78 heavy (non-hydrogen) atoms. The van der Waals surface area contributed by atoms with Crippen molar-refractivity contribution >= 4 is 17.9 Å². The molecule has 0 radical (unpaired) electrons. The molecule has 1 unspecified atom stereocenters. The molecule has 6 heteroatoms. The zero-order valence-corrected chi connectivity index (χ0v) is 51.7. The summed E-state index contributed by atoms with van der Waals surface area (Å²) in [6.45, 7) is 6.63. The average molecular weight is 1090 g/mol. The molecule has 0 saturated heterocycles. The van der Waals surface area contributed by atoms with Gasteiger partial charge in [0.15, 0.2) is 6.10 Å². The third-order valence-corrected chi connectivity index (χ3v) is 14.6. The van der Waals surface area contributed by atoms with E-state index in [1.54, 1.807) is 0 Å². The molecule has 0 aromatic heterocycles. The Morgan fingerprint density at radius 3 is 0.731 bits per heavy atom. The SMILES string of the molecule is CCCCCCC/C=C\C/C=C\C/C=C\CCCCCCCCC(=O)OCC(COC(=O)CCCCCCCCC/C=C\CCCCCCCCC)OC(=O)CCCCCCCC/C=C\C/C=C\C/C=C\CCCCCCC. The van der Waals surface area contributed by atoms with E-state index in [1.165, 1.54) is 193 Å². The van der Waals surface area contributed by atoms with Crippen molar-refractivity contribution in [2.24, 2.45) is 0 Å². The summed E-state index contributed by atoms with van der Waals surface area (Å²) >= 11 is 0. The van der Waals surface area contributed by atoms with Gasteiger partial charge in [0.2, 0.25) is 0 Å². The van der Waals surface area contributed by atoms with Gasteiger partial charge in [0.25, 0.3) is 0 Å². The molecule has 0 aromatic carbocycles. The van der Waals surface area contributed by atoms with E-state index in [2.05, 4.69) is 106 Å². The smallest absolute Gasteiger partial charge is 0.306 e. The summed E-state index contributed by atoms with van der Waals surface area (Å²) in [5.74, 6) is -0.903. The molecule has 0 aliphatic heterocycles. The Morgan fingerprint density at radius 2 is 0.462 bits per heavy atom. The first-order chi connectivity index (χ1) is 38.5. The first kappa shape index (κ1) is 74.6. The van der Waals surface area contributed by atoms with Crippen molar-refractivity contribution in [1.82, 2.24) is 0 Å². The van der Waals surface area contributed by atoms with E-state index in [4.69, 9.17) is 14.2 Å². The normalized spacial score (nSPS) is 12.6. The van der Waals surface area contributed by atoms with Gasteiger partial charge >= 0.3 is 17.9 Å². The maximum Gasteiger partial charge on any atom is 0.306 e. The van der Waals surface area contributed by atoms with Gasteiger partial charge in [-0.1, -0.05) is 279 Å². The Labute approximate surface area is 484 Å². The largest absolute Gasteiger partial charge is 0.462 e. The van der Waals surface area contributed by atoms with Gasteiger partial charge in [0, 0.05) is 19.3 Å². The molecular weight excluding hydrogens is 961 g/mol. The van der Waals surface area contributed by atoms with E-state index in [-0.39, 0.29) is 31.1 Å². The first-order valence-corrected chi connectivity index (χ1v) is 33.6. The van der Waals surface area contributed by atoms with Gasteiger partial charge in [-0.15, -0.1) is 0 Å². The molecule has 0 aliphatic rings. The van der Waals surface area contributed by atoms with Gasteiger partial charge in [0.05, 0.1) is 0 Å². The fourth-order valence-corrected chi connectivity index (χ4v) is 9.51. The second kappa shape index (κ2) is 66.1. The lowest BCUT2D eigenvalue weighted by Gasteiger charge is -2.18. The molecule has 1 atom stereocenters. The third kappa shape index (κ3) is 63.4. The van der Waals surface area contributed by atoms with Crippen LogP contribution in [-0.4, -0.2) is 37.2 Å². The Hall–Kier alpha value is -3.41. The molecule has 0 spiro atoms. The zero-order chi connectivity index (χ0) is 56.4. The minimum atomic E-state index is -0.794. The molecule has 0 amide bonds. The van der Waals surface area contributed by atoms with Crippen molar-refractivity contribution in [3.8, 4) is 0 Å². The van der Waals surface area contributed by atoms with E-state index in [0.29, 0.717) is 19.3 Å². The lowest BCUT2D eigenvalue weighted by Crippen LogP contribution is -2.30. The minimum absolute atomic E-state index is 0.0877. The summed E-state index contributed by atoms with van der Waals surface area (Å²) < 4.78 is 17.0. The summed E-state index contributed by atoms with van der Waals surface area (Å²) in [6, 6.07) is 0. The van der Waals surface area contributed by atoms with Gasteiger partial charge in [-0.2, -0.15) is 0 Å². The van der Waals surface area contributed by atoms with E-state index < -0.39 is 6.10 Å². The number of rotatable bonds is 61. The topological polar surface area (TPSA) is 78.9 Å². The van der Waals surface area contributed by atoms with Crippen LogP contribution in [0.2, 0.25) is 0 Å². The molecular formula is C72H126O6. The summed E-state index contributed by atoms with van der Waals surface area (Å²) in [6.07, 6.45) is 87.2. The van der Waals surface area contributed by atoms with Crippen LogP contribution in [0.3, 0.4) is 0 Å². The number of allylic oxidation sites excluding steroid dienone is 14. The fourth-order valence-electron chi connectivity index (χ4n) is 9.51. The highest BCUT2D eigenvalue weighted by atomic mass is 16.6. The Bertz CT molecular complexity index is 1480. The number of hydrogen-bond acceptors (Lipinski definition) is 6. The highest BCUT2D eigenvalue weighted by molar-refractivity contribution is 5.71. The lowest BCUT2D eigenvalue weighted by molar-refractivity contribution is -0.167. The van der Waals surface area contributed by atoms with Crippen LogP contribution >= 0.6 is 0 Å². The standard InChI is InChI=1S/C72H126O6/c1-4-7-10-13-16-19-22-25-28-31-34-36-38-41-44-47-50-53-56-59-62-65-71(74)77-68-69(67-76-70(73)64-61-58-55-52-49-46-43-40-33-30-27-24-21-18-15-12-9-6-3)78-72(75)66-63-60-57-54-51-48-45-42-39-37-35-32-29-26-23-20-17-14-11-8-5-2/h22-23,25-26,30-35,38-39,41-42,69H,4-21,24,27-29,36-37,40,43-68H2,1-3H3/b25-22-,26-23-,33-30-,34-31-,35-32-,41-38-,42-39-. The fraction of sp³-hybridized carbons (Fsp3) is 0.764. The Morgan fingerprint density at radius 1 is 0.256 bits per heavy atom. The summed E-state index contributed by atoms with van der Waals surface area (Å²) in [5.41, 5.74) is 0. The third-order valence-electron chi connectivity index (χ3n) is 14.6. The second-order valence-electron chi connectivity index (χ2n) is 22.4. The molecule has 0 N–H and O–H groups in total. The van der Waals surface area contributed by atoms with E-state index >= 15 is 0 Å². The van der Waals surface area contributed by atoms with Crippen LogP contribution < -0.4 is 0 Å². The van der Waals surface area contributed by atoms with Crippen LogP contribution in [0.1, 0.15) is 335 Å². The van der Waals surface area contributed by atoms with Gasteiger partial charge in [-0.3, -0.25) is 14.4 Å². The number of carbonyl (C=O) groups is 3. The molecule has 6 nitrogen and oxygen atoms in total. The molecule has 0 fully saturated rings. The Kier molecular flexibility index (Phi) is 63.2. The van der Waals surface area contributed by atoms with Crippen LogP contribution in [0.25, 0.3) is 0 Å². The van der Waals surface area contributed by atoms with Crippen LogP contribution in [-0.2, 0) is 28.6 Å². The minimum Gasteiger partial charge on any atom is -0.462 e. The monoisotopic (exact) mass is 1090 g/mol. The van der Waals surface area contributed by atoms with E-state index in [1.807, 2.05) is 0 Å². The predicted octanol–water partition coefficient (Wildman–Crippen LogP) is 23.1. The van der Waals surface area contributed by atoms with Gasteiger partial charge in [-0.05, 0) is 122 Å². The first-order valence-electron chi connectivity index (χ1n) is 33.6. The van der Waals surface area contributed by atoms with Crippen molar-refractivity contribution in [2.45, 2.75) is 341 Å². The summed E-state index contributed by atoms with van der Waals surface area (Å²) in [7, 11) is 0. The van der Waals surface area contributed by atoms with Crippen LogP contribution in [0.4, 0.5) is 0 Å². The molecule has 0 saturated carbocycles. The second-order valence-corrected chi connectivity index (χ2v) is 22.4. The zero-order valence-electron chi connectivity index (χ0n) is 51.7. The number of unbranched alkanes of at least 4 members (excludes halogenated alkanes) is 36. The van der Waals surface area contributed by atoms with Crippen molar-refractivity contribution in [3.63, 3.8) is 0 Å². The molecule has 0 heterocycles.